The van der Waals surface area contributed by atoms with Crippen molar-refractivity contribution in [1.82, 2.24) is 10.6 Å². The summed E-state index contributed by atoms with van der Waals surface area (Å²) in [7, 11) is 0. The minimum atomic E-state index is -0.0232. The Kier molecular flexibility index (Phi) is 9.77. The molecule has 1 aromatic rings. The first-order chi connectivity index (χ1) is 9.42. The fourth-order valence-electron chi connectivity index (χ4n) is 1.54. The average Bonchev–Trinajstić information content (AvgIpc) is 2.35. The Labute approximate surface area is 149 Å². The number of hydrogen-bond acceptors (Lipinski definition) is 2. The Hall–Kier alpha value is -0.690. The van der Waals surface area contributed by atoms with E-state index in [1.54, 1.807) is 0 Å². The van der Waals surface area contributed by atoms with Crippen molar-refractivity contribution < 1.29 is 4.74 Å². The monoisotopic (exact) mass is 425 g/mol. The van der Waals surface area contributed by atoms with Crippen LogP contribution in [0.3, 0.4) is 0 Å². The van der Waals surface area contributed by atoms with Crippen molar-refractivity contribution in [2.45, 2.75) is 33.2 Å². The number of ether oxygens (including phenoxy) is 1. The zero-order valence-electron chi connectivity index (χ0n) is 13.1. The number of para-hydroxylation sites is 1. The van der Waals surface area contributed by atoms with Gasteiger partial charge in [-0.3, -0.25) is 0 Å². The molecule has 1 rings (SSSR count). The van der Waals surface area contributed by atoms with E-state index in [0.29, 0.717) is 23.9 Å². The van der Waals surface area contributed by atoms with Gasteiger partial charge in [-0.05, 0) is 39.8 Å². The number of nitrogens with zero attached hydrogens (tertiary/aromatic N) is 1. The highest BCUT2D eigenvalue weighted by molar-refractivity contribution is 14.0. The number of aliphatic imine (C=N–C) groups is 1. The molecule has 0 aromatic heterocycles. The van der Waals surface area contributed by atoms with E-state index in [0.717, 1.165) is 12.5 Å². The minimum Gasteiger partial charge on any atom is -0.490 e. The zero-order valence-corrected chi connectivity index (χ0v) is 16.2. The van der Waals surface area contributed by atoms with Gasteiger partial charge in [0.15, 0.2) is 5.96 Å². The maximum atomic E-state index is 6.02. The van der Waals surface area contributed by atoms with Crippen LogP contribution in [-0.4, -0.2) is 31.2 Å². The molecule has 0 radical (unpaired) electrons. The largest absolute Gasteiger partial charge is 0.490 e. The fourth-order valence-corrected chi connectivity index (χ4v) is 1.73. The molecule has 0 spiro atoms. The Morgan fingerprint density at radius 1 is 1.29 bits per heavy atom. The summed E-state index contributed by atoms with van der Waals surface area (Å²) in [6.45, 7) is 10.2. The van der Waals surface area contributed by atoms with Gasteiger partial charge in [0.25, 0.3) is 0 Å². The number of hydrogen-bond donors (Lipinski definition) is 2. The minimum absolute atomic E-state index is 0. The van der Waals surface area contributed by atoms with Gasteiger partial charge in [0, 0.05) is 12.1 Å². The highest BCUT2D eigenvalue weighted by atomic mass is 127. The molecule has 21 heavy (non-hydrogen) atoms. The van der Waals surface area contributed by atoms with E-state index in [-0.39, 0.29) is 29.5 Å². The third kappa shape index (κ3) is 9.03. The van der Waals surface area contributed by atoms with Crippen LogP contribution in [0.2, 0.25) is 5.02 Å². The van der Waals surface area contributed by atoms with Crippen molar-refractivity contribution in [2.75, 3.05) is 19.7 Å². The summed E-state index contributed by atoms with van der Waals surface area (Å²) in [5, 5.41) is 7.15. The summed E-state index contributed by atoms with van der Waals surface area (Å²) in [5.74, 6) is 1.49. The number of guanidine groups is 1. The molecule has 1 aromatic carbocycles. The third-order valence-corrected chi connectivity index (χ3v) is 2.61. The topological polar surface area (TPSA) is 45.7 Å². The van der Waals surface area contributed by atoms with E-state index < -0.39 is 0 Å². The highest BCUT2D eigenvalue weighted by Gasteiger charge is 2.11. The normalized spacial score (nSPS) is 11.6. The second-order valence-electron chi connectivity index (χ2n) is 5.41. The van der Waals surface area contributed by atoms with Crippen molar-refractivity contribution in [1.29, 1.82) is 0 Å². The van der Waals surface area contributed by atoms with E-state index in [1.807, 2.05) is 31.2 Å². The van der Waals surface area contributed by atoms with Gasteiger partial charge in [0.05, 0.1) is 11.6 Å². The number of halogens is 2. The van der Waals surface area contributed by atoms with Gasteiger partial charge in [0.1, 0.15) is 12.4 Å². The molecule has 0 unspecified atom stereocenters. The second kappa shape index (κ2) is 10.1. The van der Waals surface area contributed by atoms with Crippen molar-refractivity contribution in [2.24, 2.45) is 4.99 Å². The molecule has 0 atom stereocenters. The zero-order chi connectivity index (χ0) is 15.0. The molecule has 2 N–H and O–H groups in total. The van der Waals surface area contributed by atoms with Gasteiger partial charge in [-0.1, -0.05) is 23.7 Å². The summed E-state index contributed by atoms with van der Waals surface area (Å²) in [4.78, 5) is 4.47. The van der Waals surface area contributed by atoms with Gasteiger partial charge in [-0.15, -0.1) is 24.0 Å². The molecule has 120 valence electrons. The molecule has 0 aliphatic heterocycles. The maximum Gasteiger partial charge on any atom is 0.191 e. The molecule has 0 bridgehead atoms. The third-order valence-electron chi connectivity index (χ3n) is 2.29. The summed E-state index contributed by atoms with van der Waals surface area (Å²) in [6, 6.07) is 7.44. The van der Waals surface area contributed by atoms with E-state index >= 15 is 0 Å². The van der Waals surface area contributed by atoms with Crippen LogP contribution in [0.5, 0.6) is 5.75 Å². The van der Waals surface area contributed by atoms with Gasteiger partial charge in [-0.25, -0.2) is 4.99 Å². The molecular weight excluding hydrogens is 401 g/mol. The SMILES string of the molecule is CCNC(=NCCOc1ccccc1Cl)NC(C)(C)C.I. The summed E-state index contributed by atoms with van der Waals surface area (Å²) in [5.41, 5.74) is -0.0232. The molecule has 0 saturated heterocycles. The molecule has 4 nitrogen and oxygen atoms in total. The molecule has 0 saturated carbocycles. The maximum absolute atomic E-state index is 6.02. The molecule has 0 fully saturated rings. The van der Waals surface area contributed by atoms with Crippen LogP contribution in [0, 0.1) is 0 Å². The van der Waals surface area contributed by atoms with Crippen molar-refractivity contribution in [3.8, 4) is 5.75 Å². The van der Waals surface area contributed by atoms with Crippen LogP contribution < -0.4 is 15.4 Å². The Morgan fingerprint density at radius 3 is 2.52 bits per heavy atom. The van der Waals surface area contributed by atoms with Crippen LogP contribution in [0.25, 0.3) is 0 Å². The quantitative estimate of drug-likeness (QED) is 0.327. The van der Waals surface area contributed by atoms with Gasteiger partial charge >= 0.3 is 0 Å². The highest BCUT2D eigenvalue weighted by Crippen LogP contribution is 2.22. The van der Waals surface area contributed by atoms with Crippen LogP contribution in [0.15, 0.2) is 29.3 Å². The molecule has 0 amide bonds. The molecule has 0 heterocycles. The Balaban J connectivity index is 0.00000400. The first-order valence-electron chi connectivity index (χ1n) is 6.86. The average molecular weight is 426 g/mol. The molecule has 0 aliphatic carbocycles. The predicted octanol–water partition coefficient (Wildman–Crippen LogP) is 3.69. The fraction of sp³-hybridized carbons (Fsp3) is 0.533. The number of nitrogens with one attached hydrogen (secondary N) is 2. The molecule has 6 heteroatoms. The second-order valence-corrected chi connectivity index (χ2v) is 5.82. The lowest BCUT2D eigenvalue weighted by Gasteiger charge is -2.23. The molecular formula is C15H25ClIN3O. The number of rotatable bonds is 5. The van der Waals surface area contributed by atoms with Gasteiger partial charge in [-0.2, -0.15) is 0 Å². The van der Waals surface area contributed by atoms with Crippen LogP contribution >= 0.6 is 35.6 Å². The number of benzene rings is 1. The van der Waals surface area contributed by atoms with Gasteiger partial charge in [0.2, 0.25) is 0 Å². The van der Waals surface area contributed by atoms with Crippen molar-refractivity contribution >= 4 is 41.5 Å². The predicted molar refractivity (Wildman–Crippen MR) is 101 cm³/mol. The summed E-state index contributed by atoms with van der Waals surface area (Å²) in [6.07, 6.45) is 0. The van der Waals surface area contributed by atoms with Crippen LogP contribution in [-0.2, 0) is 0 Å². The van der Waals surface area contributed by atoms with E-state index in [2.05, 4.69) is 36.4 Å². The lowest BCUT2D eigenvalue weighted by molar-refractivity contribution is 0.328. The van der Waals surface area contributed by atoms with Crippen molar-refractivity contribution in [3.05, 3.63) is 29.3 Å². The van der Waals surface area contributed by atoms with E-state index in [4.69, 9.17) is 16.3 Å². The standard InChI is InChI=1S/C15H24ClN3O.HI/c1-5-17-14(19-15(2,3)4)18-10-11-20-13-9-7-6-8-12(13)16;/h6-9H,5,10-11H2,1-4H3,(H2,17,18,19);1H. The summed E-state index contributed by atoms with van der Waals surface area (Å²) >= 11 is 6.02. The summed E-state index contributed by atoms with van der Waals surface area (Å²) < 4.78 is 5.60. The van der Waals surface area contributed by atoms with Crippen molar-refractivity contribution in [3.63, 3.8) is 0 Å². The van der Waals surface area contributed by atoms with Crippen LogP contribution in [0.4, 0.5) is 0 Å². The van der Waals surface area contributed by atoms with Gasteiger partial charge < -0.3 is 15.4 Å². The van der Waals surface area contributed by atoms with Crippen LogP contribution in [0.1, 0.15) is 27.7 Å². The smallest absolute Gasteiger partial charge is 0.191 e. The first kappa shape index (κ1) is 20.3. The van der Waals surface area contributed by atoms with E-state index in [1.165, 1.54) is 0 Å². The molecule has 0 aliphatic rings. The van der Waals surface area contributed by atoms with E-state index in [9.17, 15) is 0 Å². The lowest BCUT2D eigenvalue weighted by atomic mass is 10.1. The Morgan fingerprint density at radius 2 is 1.95 bits per heavy atom. The Bertz CT molecular complexity index is 447. The lowest BCUT2D eigenvalue weighted by Crippen LogP contribution is -2.47. The first-order valence-corrected chi connectivity index (χ1v) is 7.24.